The summed E-state index contributed by atoms with van der Waals surface area (Å²) in [5.41, 5.74) is 2.02. The lowest BCUT2D eigenvalue weighted by molar-refractivity contribution is 0.0931. The average molecular weight is 468 g/mol. The molecule has 0 aliphatic carbocycles. The predicted octanol–water partition coefficient (Wildman–Crippen LogP) is 3.61. The highest BCUT2D eigenvalue weighted by atomic mass is 32.2. The van der Waals surface area contributed by atoms with Crippen molar-refractivity contribution in [1.29, 1.82) is 0 Å². The Kier molecular flexibility index (Phi) is 6.19. The molecular weight excluding hydrogens is 445 g/mol. The Morgan fingerprint density at radius 1 is 1.12 bits per heavy atom. The Morgan fingerprint density at radius 2 is 1.88 bits per heavy atom. The summed E-state index contributed by atoms with van der Waals surface area (Å²) < 4.78 is 38.8. The lowest BCUT2D eigenvalue weighted by Crippen LogP contribution is -2.29. The molecule has 0 radical (unpaired) electrons. The van der Waals surface area contributed by atoms with Crippen LogP contribution in [0.25, 0.3) is 16.9 Å². The van der Waals surface area contributed by atoms with Gasteiger partial charge in [-0.05, 0) is 48.4 Å². The lowest BCUT2D eigenvalue weighted by atomic mass is 10.0. The van der Waals surface area contributed by atoms with Crippen molar-refractivity contribution in [2.45, 2.75) is 30.8 Å². The molecule has 4 rings (SSSR count). The van der Waals surface area contributed by atoms with E-state index in [-0.39, 0.29) is 16.5 Å². The van der Waals surface area contributed by atoms with Gasteiger partial charge in [0.25, 0.3) is 5.91 Å². The van der Waals surface area contributed by atoms with Crippen molar-refractivity contribution >= 4 is 21.3 Å². The van der Waals surface area contributed by atoms with Crippen LogP contribution in [0, 0.1) is 5.82 Å². The topological polar surface area (TPSA) is 106 Å². The number of aromatic nitrogens is 4. The molecule has 0 aliphatic heterocycles. The molecular formula is C23H22FN5O3S. The van der Waals surface area contributed by atoms with E-state index in [2.05, 4.69) is 20.3 Å². The number of benzene rings is 1. The maximum Gasteiger partial charge on any atom is 0.272 e. The largest absolute Gasteiger partial charge is 0.344 e. The van der Waals surface area contributed by atoms with E-state index in [4.69, 9.17) is 0 Å². The van der Waals surface area contributed by atoms with Crippen LogP contribution in [-0.2, 0) is 9.84 Å². The second-order valence-corrected chi connectivity index (χ2v) is 9.60. The third-order valence-corrected chi connectivity index (χ3v) is 6.18. The normalized spacial score (nSPS) is 12.6. The van der Waals surface area contributed by atoms with Crippen LogP contribution in [0.5, 0.6) is 0 Å². The van der Waals surface area contributed by atoms with Crippen LogP contribution in [-0.4, -0.2) is 39.9 Å². The first-order chi connectivity index (χ1) is 15.8. The van der Waals surface area contributed by atoms with Crippen molar-refractivity contribution in [3.63, 3.8) is 0 Å². The Morgan fingerprint density at radius 3 is 2.58 bits per heavy atom. The minimum atomic E-state index is -3.48. The van der Waals surface area contributed by atoms with Crippen LogP contribution in [0.1, 0.15) is 41.9 Å². The smallest absolute Gasteiger partial charge is 0.272 e. The number of nitrogens with zero attached hydrogens (tertiary/aromatic N) is 4. The molecule has 0 fully saturated rings. The van der Waals surface area contributed by atoms with Gasteiger partial charge in [0.15, 0.2) is 20.6 Å². The zero-order valence-corrected chi connectivity index (χ0v) is 18.9. The van der Waals surface area contributed by atoms with Crippen molar-refractivity contribution in [3.05, 3.63) is 78.3 Å². The van der Waals surface area contributed by atoms with E-state index in [1.54, 1.807) is 35.0 Å². The third kappa shape index (κ3) is 4.75. The first-order valence-electron chi connectivity index (χ1n) is 10.3. The van der Waals surface area contributed by atoms with E-state index < -0.39 is 21.8 Å². The zero-order chi connectivity index (χ0) is 23.6. The van der Waals surface area contributed by atoms with Crippen molar-refractivity contribution in [2.24, 2.45) is 0 Å². The molecule has 1 amide bonds. The summed E-state index contributed by atoms with van der Waals surface area (Å²) in [4.78, 5) is 25.8. The first-order valence-corrected chi connectivity index (χ1v) is 12.2. The molecule has 170 valence electrons. The van der Waals surface area contributed by atoms with Gasteiger partial charge >= 0.3 is 0 Å². The van der Waals surface area contributed by atoms with Crippen LogP contribution in [0.3, 0.4) is 0 Å². The standard InChI is InChI=1S/C23H22FN5O3S/c1-3-4-18(16-9-10-25-20(13-16)33(2,31)32)28-23(30)21-19-14-27-22(29(19)12-11-26-21)15-5-7-17(24)8-6-15/h5-14,18H,3-4H2,1-2H3,(H,28,30). The van der Waals surface area contributed by atoms with Crippen LogP contribution in [0.15, 0.2) is 66.2 Å². The van der Waals surface area contributed by atoms with Crippen LogP contribution < -0.4 is 5.32 Å². The number of pyridine rings is 1. The molecule has 3 heterocycles. The minimum absolute atomic E-state index is 0.0460. The van der Waals surface area contributed by atoms with E-state index in [1.807, 2.05) is 6.92 Å². The number of amides is 1. The van der Waals surface area contributed by atoms with Gasteiger partial charge in [-0.3, -0.25) is 9.20 Å². The number of fused-ring (bicyclic) bond motifs is 1. The summed E-state index contributed by atoms with van der Waals surface area (Å²) in [5, 5.41) is 2.92. The van der Waals surface area contributed by atoms with Gasteiger partial charge in [0.2, 0.25) is 0 Å². The molecule has 1 aromatic carbocycles. The molecule has 0 saturated carbocycles. The Balaban J connectivity index is 1.67. The van der Waals surface area contributed by atoms with Crippen molar-refractivity contribution in [2.75, 3.05) is 6.26 Å². The van der Waals surface area contributed by atoms with Crippen molar-refractivity contribution in [3.8, 4) is 11.4 Å². The van der Waals surface area contributed by atoms with Gasteiger partial charge in [0.05, 0.1) is 17.8 Å². The summed E-state index contributed by atoms with van der Waals surface area (Å²) in [6.45, 7) is 1.97. The highest BCUT2D eigenvalue weighted by Gasteiger charge is 2.21. The van der Waals surface area contributed by atoms with E-state index in [0.29, 0.717) is 28.9 Å². The van der Waals surface area contributed by atoms with Gasteiger partial charge < -0.3 is 5.32 Å². The Bertz CT molecular complexity index is 1420. The van der Waals surface area contributed by atoms with Gasteiger partial charge in [0.1, 0.15) is 11.6 Å². The van der Waals surface area contributed by atoms with E-state index in [1.165, 1.54) is 30.6 Å². The summed E-state index contributed by atoms with van der Waals surface area (Å²) in [7, 11) is -3.48. The number of carbonyl (C=O) groups is 1. The zero-order valence-electron chi connectivity index (χ0n) is 18.1. The monoisotopic (exact) mass is 467 g/mol. The van der Waals surface area contributed by atoms with E-state index in [0.717, 1.165) is 12.7 Å². The van der Waals surface area contributed by atoms with Crippen molar-refractivity contribution < 1.29 is 17.6 Å². The Hall–Kier alpha value is -3.66. The highest BCUT2D eigenvalue weighted by Crippen LogP contribution is 2.24. The molecule has 0 spiro atoms. The predicted molar refractivity (Wildman–Crippen MR) is 121 cm³/mol. The second-order valence-electron chi connectivity index (χ2n) is 7.63. The molecule has 1 atom stereocenters. The fourth-order valence-corrected chi connectivity index (χ4v) is 4.20. The number of nitrogens with one attached hydrogen (secondary N) is 1. The maximum absolute atomic E-state index is 13.3. The van der Waals surface area contributed by atoms with Crippen LogP contribution in [0.4, 0.5) is 4.39 Å². The van der Waals surface area contributed by atoms with Gasteiger partial charge in [-0.1, -0.05) is 13.3 Å². The maximum atomic E-state index is 13.3. The van der Waals surface area contributed by atoms with Crippen molar-refractivity contribution in [1.82, 2.24) is 24.7 Å². The summed E-state index contributed by atoms with van der Waals surface area (Å²) in [6, 6.07) is 8.67. The molecule has 3 aromatic heterocycles. The van der Waals surface area contributed by atoms with E-state index >= 15 is 0 Å². The van der Waals surface area contributed by atoms with Gasteiger partial charge in [-0.15, -0.1) is 0 Å². The quantitative estimate of drug-likeness (QED) is 0.445. The number of hydrogen-bond acceptors (Lipinski definition) is 6. The van der Waals surface area contributed by atoms with Crippen LogP contribution in [0.2, 0.25) is 0 Å². The summed E-state index contributed by atoms with van der Waals surface area (Å²) >= 11 is 0. The van der Waals surface area contributed by atoms with E-state index in [9.17, 15) is 17.6 Å². The number of sulfone groups is 1. The molecule has 1 N–H and O–H groups in total. The fourth-order valence-electron chi connectivity index (χ4n) is 3.60. The third-order valence-electron chi connectivity index (χ3n) is 5.20. The molecule has 0 bridgehead atoms. The lowest BCUT2D eigenvalue weighted by Gasteiger charge is -2.19. The van der Waals surface area contributed by atoms with Gasteiger partial charge in [0, 0.05) is 30.4 Å². The highest BCUT2D eigenvalue weighted by molar-refractivity contribution is 7.90. The Labute approximate surface area is 190 Å². The summed E-state index contributed by atoms with van der Waals surface area (Å²) in [5.74, 6) is -0.209. The van der Waals surface area contributed by atoms with Gasteiger partial charge in [-0.2, -0.15) is 0 Å². The second kappa shape index (κ2) is 9.07. The average Bonchev–Trinajstić information content (AvgIpc) is 3.23. The molecule has 8 nitrogen and oxygen atoms in total. The summed E-state index contributed by atoms with van der Waals surface area (Å²) in [6.07, 6.45) is 8.61. The molecule has 4 aromatic rings. The minimum Gasteiger partial charge on any atom is -0.344 e. The van der Waals surface area contributed by atoms with Gasteiger partial charge in [-0.25, -0.2) is 27.8 Å². The number of imidazole rings is 1. The number of carbonyl (C=O) groups excluding carboxylic acids is 1. The van der Waals surface area contributed by atoms with Crippen LogP contribution >= 0.6 is 0 Å². The SMILES string of the molecule is CCCC(NC(=O)c1nccn2c(-c3ccc(F)cc3)ncc12)c1ccnc(S(C)(=O)=O)c1. The molecule has 10 heteroatoms. The fraction of sp³-hybridized carbons (Fsp3) is 0.217. The number of halogens is 1. The first kappa shape index (κ1) is 22.5. The number of rotatable bonds is 7. The molecule has 0 aliphatic rings. The molecule has 1 unspecified atom stereocenters. The number of hydrogen-bond donors (Lipinski definition) is 1. The molecule has 0 saturated heterocycles. The molecule has 33 heavy (non-hydrogen) atoms.